The molecule has 0 radical (unpaired) electrons. The number of rotatable bonds is 9. The zero-order chi connectivity index (χ0) is 22.9. The third-order valence-electron chi connectivity index (χ3n) is 5.55. The Morgan fingerprint density at radius 3 is 2.47 bits per heavy atom. The highest BCUT2D eigenvalue weighted by molar-refractivity contribution is 6.30. The van der Waals surface area contributed by atoms with Crippen molar-refractivity contribution in [3.63, 3.8) is 0 Å². The first-order valence-electron chi connectivity index (χ1n) is 10.7. The third kappa shape index (κ3) is 6.80. The lowest BCUT2D eigenvalue weighted by atomic mass is 9.89. The Balaban J connectivity index is 1.40. The molecule has 0 aromatic heterocycles. The van der Waals surface area contributed by atoms with Gasteiger partial charge in [-0.1, -0.05) is 17.7 Å². The molecule has 3 rings (SSSR count). The molecule has 8 heteroatoms. The molecule has 1 fully saturated rings. The van der Waals surface area contributed by atoms with Crippen molar-refractivity contribution in [1.29, 1.82) is 0 Å². The van der Waals surface area contributed by atoms with Crippen LogP contribution in [0.15, 0.2) is 48.5 Å². The SMILES string of the molecule is CNC(=O)COc1cccc(C(=O)NCCN2CCC(C(=O)c3ccc(Cl)cc3)CC2)c1. The van der Waals surface area contributed by atoms with Gasteiger partial charge in [-0.15, -0.1) is 0 Å². The largest absolute Gasteiger partial charge is 0.484 e. The van der Waals surface area contributed by atoms with Gasteiger partial charge in [-0.3, -0.25) is 14.4 Å². The van der Waals surface area contributed by atoms with Gasteiger partial charge in [-0.2, -0.15) is 0 Å². The normalized spacial score (nSPS) is 14.6. The number of amides is 2. The van der Waals surface area contributed by atoms with Crippen molar-refractivity contribution in [2.45, 2.75) is 12.8 Å². The second-order valence-electron chi connectivity index (χ2n) is 7.73. The Labute approximate surface area is 193 Å². The number of benzene rings is 2. The topological polar surface area (TPSA) is 87.7 Å². The number of ether oxygens (including phenoxy) is 1. The summed E-state index contributed by atoms with van der Waals surface area (Å²) >= 11 is 5.90. The van der Waals surface area contributed by atoms with Crippen LogP contribution in [0.4, 0.5) is 0 Å². The predicted molar refractivity (Wildman–Crippen MR) is 123 cm³/mol. The van der Waals surface area contributed by atoms with Gasteiger partial charge in [0.1, 0.15) is 5.75 Å². The Morgan fingerprint density at radius 2 is 1.78 bits per heavy atom. The van der Waals surface area contributed by atoms with Crippen LogP contribution >= 0.6 is 11.6 Å². The lowest BCUT2D eigenvalue weighted by molar-refractivity contribution is -0.122. The summed E-state index contributed by atoms with van der Waals surface area (Å²) in [6.07, 6.45) is 1.61. The summed E-state index contributed by atoms with van der Waals surface area (Å²) in [6, 6.07) is 13.8. The maximum absolute atomic E-state index is 12.7. The number of likely N-dealkylation sites (tertiary alicyclic amines) is 1. The van der Waals surface area contributed by atoms with Crippen LogP contribution in [0.1, 0.15) is 33.6 Å². The molecule has 2 aromatic carbocycles. The van der Waals surface area contributed by atoms with Crippen molar-refractivity contribution in [3.8, 4) is 5.75 Å². The van der Waals surface area contributed by atoms with Crippen LogP contribution in [0.2, 0.25) is 5.02 Å². The van der Waals surface area contributed by atoms with Gasteiger partial charge in [0.05, 0.1) is 0 Å². The van der Waals surface area contributed by atoms with Crippen LogP contribution in [0, 0.1) is 5.92 Å². The number of carbonyl (C=O) groups is 3. The quantitative estimate of drug-likeness (QED) is 0.565. The molecular formula is C24H28ClN3O4. The van der Waals surface area contributed by atoms with Crippen LogP contribution in [-0.2, 0) is 4.79 Å². The van der Waals surface area contributed by atoms with E-state index in [-0.39, 0.29) is 30.1 Å². The average molecular weight is 458 g/mol. The first kappa shape index (κ1) is 23.8. The van der Waals surface area contributed by atoms with Crippen LogP contribution in [0.25, 0.3) is 0 Å². The number of hydrogen-bond donors (Lipinski definition) is 2. The second kappa shape index (κ2) is 11.6. The van der Waals surface area contributed by atoms with Crippen molar-refractivity contribution in [2.75, 3.05) is 39.8 Å². The maximum Gasteiger partial charge on any atom is 0.257 e. The maximum atomic E-state index is 12.7. The van der Waals surface area contributed by atoms with Gasteiger partial charge in [0.2, 0.25) is 0 Å². The van der Waals surface area contributed by atoms with E-state index < -0.39 is 0 Å². The van der Waals surface area contributed by atoms with Crippen molar-refractivity contribution >= 4 is 29.2 Å². The Kier molecular flexibility index (Phi) is 8.64. The summed E-state index contributed by atoms with van der Waals surface area (Å²) in [5.41, 5.74) is 1.19. The molecule has 0 unspecified atom stereocenters. The first-order valence-corrected chi connectivity index (χ1v) is 11.1. The zero-order valence-corrected chi connectivity index (χ0v) is 18.9. The van der Waals surface area contributed by atoms with Gasteiger partial charge in [-0.05, 0) is 68.4 Å². The molecule has 0 atom stereocenters. The van der Waals surface area contributed by atoms with E-state index in [0.717, 1.165) is 32.5 Å². The van der Waals surface area contributed by atoms with E-state index in [1.807, 2.05) is 0 Å². The molecule has 2 aromatic rings. The van der Waals surface area contributed by atoms with Gasteiger partial charge >= 0.3 is 0 Å². The van der Waals surface area contributed by atoms with E-state index in [4.69, 9.17) is 16.3 Å². The van der Waals surface area contributed by atoms with Gasteiger partial charge in [0.15, 0.2) is 12.4 Å². The van der Waals surface area contributed by atoms with Crippen LogP contribution in [-0.4, -0.2) is 62.3 Å². The Hall–Kier alpha value is -2.90. The molecule has 170 valence electrons. The number of ketones is 1. The van der Waals surface area contributed by atoms with Gasteiger partial charge in [-0.25, -0.2) is 0 Å². The molecule has 2 amide bonds. The fraction of sp³-hybridized carbons (Fsp3) is 0.375. The molecule has 1 saturated heterocycles. The van der Waals surface area contributed by atoms with Crippen molar-refractivity contribution in [3.05, 3.63) is 64.7 Å². The van der Waals surface area contributed by atoms with Crippen molar-refractivity contribution in [2.24, 2.45) is 5.92 Å². The van der Waals surface area contributed by atoms with Gasteiger partial charge in [0.25, 0.3) is 11.8 Å². The monoisotopic (exact) mass is 457 g/mol. The first-order chi connectivity index (χ1) is 15.5. The smallest absolute Gasteiger partial charge is 0.257 e. The fourth-order valence-corrected chi connectivity index (χ4v) is 3.77. The van der Waals surface area contributed by atoms with E-state index in [0.29, 0.717) is 28.4 Å². The molecular weight excluding hydrogens is 430 g/mol. The lowest BCUT2D eigenvalue weighted by Crippen LogP contribution is -2.41. The van der Waals surface area contributed by atoms with E-state index >= 15 is 0 Å². The fourth-order valence-electron chi connectivity index (χ4n) is 3.65. The third-order valence-corrected chi connectivity index (χ3v) is 5.80. The van der Waals surface area contributed by atoms with Gasteiger partial charge in [0, 0.05) is 42.2 Å². The minimum absolute atomic E-state index is 0.0274. The minimum Gasteiger partial charge on any atom is -0.484 e. The Morgan fingerprint density at radius 1 is 1.06 bits per heavy atom. The number of hydrogen-bond acceptors (Lipinski definition) is 5. The number of likely N-dealkylation sites (N-methyl/N-ethyl adjacent to an activating group) is 1. The van der Waals surface area contributed by atoms with Crippen molar-refractivity contribution in [1.82, 2.24) is 15.5 Å². The van der Waals surface area contributed by atoms with Gasteiger partial charge < -0.3 is 20.3 Å². The summed E-state index contributed by atoms with van der Waals surface area (Å²) in [5, 5.41) is 6.03. The van der Waals surface area contributed by atoms with E-state index in [2.05, 4.69) is 15.5 Å². The lowest BCUT2D eigenvalue weighted by Gasteiger charge is -2.31. The zero-order valence-electron chi connectivity index (χ0n) is 18.1. The molecule has 0 spiro atoms. The highest BCUT2D eigenvalue weighted by Crippen LogP contribution is 2.22. The molecule has 7 nitrogen and oxygen atoms in total. The molecule has 1 aliphatic rings. The number of nitrogens with zero attached hydrogens (tertiary/aromatic N) is 1. The molecule has 0 aliphatic carbocycles. The van der Waals surface area contributed by atoms with E-state index in [9.17, 15) is 14.4 Å². The summed E-state index contributed by atoms with van der Waals surface area (Å²) in [4.78, 5) is 38.6. The second-order valence-corrected chi connectivity index (χ2v) is 8.17. The summed E-state index contributed by atoms with van der Waals surface area (Å²) in [7, 11) is 1.54. The van der Waals surface area contributed by atoms with Crippen LogP contribution in [0.3, 0.4) is 0 Å². The average Bonchev–Trinajstić information content (AvgIpc) is 2.83. The standard InChI is InChI=1S/C24H28ClN3O4/c1-26-22(29)16-32-21-4-2-3-19(15-21)24(31)27-11-14-28-12-9-18(10-13-28)23(30)17-5-7-20(25)8-6-17/h2-8,15,18H,9-14,16H2,1H3,(H,26,29)(H,27,31). The number of Topliss-reactive ketones (excluding diaryl/α,β-unsaturated/α-hetero) is 1. The molecule has 0 bridgehead atoms. The van der Waals surface area contributed by atoms with E-state index in [1.54, 1.807) is 48.5 Å². The predicted octanol–water partition coefficient (Wildman–Crippen LogP) is 2.79. The summed E-state index contributed by atoms with van der Waals surface area (Å²) in [5.74, 6) is 0.239. The summed E-state index contributed by atoms with van der Waals surface area (Å²) < 4.78 is 5.38. The Bertz CT molecular complexity index is 941. The van der Waals surface area contributed by atoms with Crippen molar-refractivity contribution < 1.29 is 19.1 Å². The number of nitrogens with one attached hydrogen (secondary N) is 2. The molecule has 0 saturated carbocycles. The minimum atomic E-state index is -0.238. The number of piperidine rings is 1. The molecule has 1 heterocycles. The highest BCUT2D eigenvalue weighted by Gasteiger charge is 2.25. The number of carbonyl (C=O) groups excluding carboxylic acids is 3. The molecule has 32 heavy (non-hydrogen) atoms. The van der Waals surface area contributed by atoms with Crippen LogP contribution < -0.4 is 15.4 Å². The van der Waals surface area contributed by atoms with E-state index in [1.165, 1.54) is 7.05 Å². The highest BCUT2D eigenvalue weighted by atomic mass is 35.5. The summed E-state index contributed by atoms with van der Waals surface area (Å²) in [6.45, 7) is 2.78. The van der Waals surface area contributed by atoms with Crippen LogP contribution in [0.5, 0.6) is 5.75 Å². The number of halogens is 1. The molecule has 2 N–H and O–H groups in total. The molecule has 1 aliphatic heterocycles.